The molecule has 1 aromatic carbocycles. The van der Waals surface area contributed by atoms with Crippen molar-refractivity contribution >= 4 is 52.4 Å². The van der Waals surface area contributed by atoms with Crippen LogP contribution in [0.25, 0.3) is 5.70 Å². The molecule has 0 fully saturated rings. The van der Waals surface area contributed by atoms with Crippen LogP contribution < -0.4 is 5.01 Å². The number of halogens is 2. The molecule has 1 amide bonds. The van der Waals surface area contributed by atoms with Crippen LogP contribution in [0, 0.1) is 0 Å². The van der Waals surface area contributed by atoms with Gasteiger partial charge in [0, 0.05) is 18.4 Å². The fraction of sp³-hybridized carbons (Fsp3) is 0.250. The molecule has 0 bridgehead atoms. The Hall–Kier alpha value is -1.83. The molecule has 9 heteroatoms. The number of rotatable bonds is 4. The fourth-order valence-corrected chi connectivity index (χ4v) is 3.76. The average Bonchev–Trinajstić information content (AvgIpc) is 3.09. The first-order chi connectivity index (χ1) is 12.0. The number of amides is 1. The van der Waals surface area contributed by atoms with Crippen molar-refractivity contribution in [3.8, 4) is 0 Å². The molecule has 2 aromatic rings. The Kier molecular flexibility index (Phi) is 5.17. The number of ketones is 1. The zero-order chi connectivity index (χ0) is 18.1. The lowest BCUT2D eigenvalue weighted by molar-refractivity contribution is -0.119. The van der Waals surface area contributed by atoms with E-state index in [2.05, 4.69) is 10.2 Å². The van der Waals surface area contributed by atoms with Crippen LogP contribution in [0.15, 0.2) is 34.6 Å². The van der Waals surface area contributed by atoms with Crippen LogP contribution in [0.2, 0.25) is 10.0 Å². The second-order valence-corrected chi connectivity index (χ2v) is 6.99. The molecule has 130 valence electrons. The van der Waals surface area contributed by atoms with Crippen LogP contribution in [-0.2, 0) is 9.59 Å². The van der Waals surface area contributed by atoms with E-state index in [4.69, 9.17) is 23.2 Å². The number of carbonyl (C=O) groups is 2. The number of fused-ring (bicyclic) bond motifs is 1. The fourth-order valence-electron chi connectivity index (χ4n) is 2.41. The van der Waals surface area contributed by atoms with Gasteiger partial charge in [0.05, 0.1) is 20.6 Å². The summed E-state index contributed by atoms with van der Waals surface area (Å²) >= 11 is 13.4. The van der Waals surface area contributed by atoms with E-state index >= 15 is 0 Å². The van der Waals surface area contributed by atoms with Crippen molar-refractivity contribution < 1.29 is 9.59 Å². The highest BCUT2D eigenvalue weighted by Gasteiger charge is 2.34. The Bertz CT molecular complexity index is 894. The van der Waals surface area contributed by atoms with E-state index in [1.54, 1.807) is 36.7 Å². The molecule has 0 unspecified atom stereocenters. The smallest absolute Gasteiger partial charge is 0.246 e. The molecular formula is C16H14Cl2N4O2S. The summed E-state index contributed by atoms with van der Waals surface area (Å²) in [5.74, 6) is -0.280. The number of carbonyl (C=O) groups excluding carboxylic acids is 2. The summed E-state index contributed by atoms with van der Waals surface area (Å²) in [7, 11) is 0. The predicted octanol–water partition coefficient (Wildman–Crippen LogP) is 3.91. The molecule has 0 aliphatic carbocycles. The largest absolute Gasteiger partial charge is 0.294 e. The number of aromatic nitrogens is 3. The number of benzene rings is 1. The van der Waals surface area contributed by atoms with Crippen molar-refractivity contribution in [1.29, 1.82) is 0 Å². The van der Waals surface area contributed by atoms with Gasteiger partial charge in [0.25, 0.3) is 0 Å². The monoisotopic (exact) mass is 396 g/mol. The van der Waals surface area contributed by atoms with Crippen LogP contribution in [0.5, 0.6) is 0 Å². The summed E-state index contributed by atoms with van der Waals surface area (Å²) < 4.78 is 1.54. The van der Waals surface area contributed by atoms with Gasteiger partial charge in [0.1, 0.15) is 6.33 Å². The van der Waals surface area contributed by atoms with Gasteiger partial charge in [-0.2, -0.15) is 0 Å². The van der Waals surface area contributed by atoms with E-state index < -0.39 is 0 Å². The summed E-state index contributed by atoms with van der Waals surface area (Å²) in [5, 5.41) is 10.5. The molecule has 0 radical (unpaired) electrons. The Labute approximate surface area is 158 Å². The molecule has 6 nitrogen and oxygen atoms in total. The van der Waals surface area contributed by atoms with Gasteiger partial charge in [-0.25, -0.2) is 9.69 Å². The van der Waals surface area contributed by atoms with Crippen molar-refractivity contribution in [3.63, 3.8) is 0 Å². The summed E-state index contributed by atoms with van der Waals surface area (Å²) in [4.78, 5) is 25.6. The maximum Gasteiger partial charge on any atom is 0.246 e. The zero-order valence-corrected chi connectivity index (χ0v) is 15.8. The Morgan fingerprint density at radius 3 is 2.56 bits per heavy atom. The van der Waals surface area contributed by atoms with Gasteiger partial charge < -0.3 is 0 Å². The number of hydrogen-bond acceptors (Lipinski definition) is 5. The van der Waals surface area contributed by atoms with Gasteiger partial charge in [0.2, 0.25) is 11.1 Å². The molecule has 0 N–H and O–H groups in total. The Balaban J connectivity index is 2.28. The predicted molar refractivity (Wildman–Crippen MR) is 98.1 cm³/mol. The summed E-state index contributed by atoms with van der Waals surface area (Å²) in [5.41, 5.74) is 1.09. The first kappa shape index (κ1) is 18.0. The Morgan fingerprint density at radius 2 is 1.92 bits per heavy atom. The molecule has 1 aliphatic heterocycles. The third kappa shape index (κ3) is 3.19. The van der Waals surface area contributed by atoms with Crippen LogP contribution >= 0.6 is 35.0 Å². The lowest BCUT2D eigenvalue weighted by atomic mass is 10.1. The van der Waals surface area contributed by atoms with Crippen molar-refractivity contribution in [3.05, 3.63) is 45.0 Å². The summed E-state index contributed by atoms with van der Waals surface area (Å²) in [6.45, 7) is 3.52. The first-order valence-corrected chi connectivity index (χ1v) is 9.19. The van der Waals surface area contributed by atoms with Crippen molar-refractivity contribution in [2.75, 3.05) is 5.01 Å². The maximum atomic E-state index is 12.7. The van der Waals surface area contributed by atoms with E-state index in [0.717, 1.165) is 0 Å². The SMILES string of the molecule is CCC(=O)C1=C(c2ccc(Cl)c(Cl)c2)N(C(=O)CC)n2cnnc2S1. The highest BCUT2D eigenvalue weighted by Crippen LogP contribution is 2.40. The third-order valence-electron chi connectivity index (χ3n) is 3.64. The summed E-state index contributed by atoms with van der Waals surface area (Å²) in [6.07, 6.45) is 2.00. The molecule has 0 saturated carbocycles. The highest BCUT2D eigenvalue weighted by atomic mass is 35.5. The average molecular weight is 397 g/mol. The molecule has 0 spiro atoms. The maximum absolute atomic E-state index is 12.7. The molecule has 0 saturated heterocycles. The zero-order valence-electron chi connectivity index (χ0n) is 13.5. The van der Waals surface area contributed by atoms with Crippen LogP contribution in [0.4, 0.5) is 0 Å². The molecule has 1 aromatic heterocycles. The van der Waals surface area contributed by atoms with Gasteiger partial charge in [-0.15, -0.1) is 10.2 Å². The first-order valence-electron chi connectivity index (χ1n) is 7.61. The van der Waals surface area contributed by atoms with Gasteiger partial charge in [-0.1, -0.05) is 43.1 Å². The quantitative estimate of drug-likeness (QED) is 0.783. The minimum atomic E-state index is -0.191. The number of Topliss-reactive ketones (excluding diaryl/α,β-unsaturated/α-hetero) is 1. The van der Waals surface area contributed by atoms with Crippen molar-refractivity contribution in [1.82, 2.24) is 14.9 Å². The van der Waals surface area contributed by atoms with Gasteiger partial charge in [-0.05, 0) is 23.9 Å². The number of allylic oxidation sites excluding steroid dienone is 1. The summed E-state index contributed by atoms with van der Waals surface area (Å²) in [6, 6.07) is 5.02. The van der Waals surface area contributed by atoms with E-state index in [0.29, 0.717) is 37.8 Å². The normalized spacial score (nSPS) is 13.8. The topological polar surface area (TPSA) is 68.1 Å². The molecular weight excluding hydrogens is 383 g/mol. The van der Waals surface area contributed by atoms with Crippen LogP contribution in [0.1, 0.15) is 32.3 Å². The van der Waals surface area contributed by atoms with Crippen LogP contribution in [0.3, 0.4) is 0 Å². The van der Waals surface area contributed by atoms with Crippen molar-refractivity contribution in [2.45, 2.75) is 31.8 Å². The van der Waals surface area contributed by atoms with Gasteiger partial charge in [-0.3, -0.25) is 9.59 Å². The molecule has 2 heterocycles. The number of nitrogens with zero attached hydrogens (tertiary/aromatic N) is 4. The second-order valence-electron chi connectivity index (χ2n) is 5.20. The molecule has 3 rings (SSSR count). The minimum absolute atomic E-state index is 0.0887. The molecule has 25 heavy (non-hydrogen) atoms. The van der Waals surface area contributed by atoms with Crippen molar-refractivity contribution in [2.24, 2.45) is 0 Å². The minimum Gasteiger partial charge on any atom is -0.294 e. The standard InChI is InChI=1S/C16H14Cl2N4O2S/c1-3-12(23)15-14(9-5-6-10(17)11(18)7-9)22(13(24)4-2)21-8-19-20-16(21)25-15/h5-8H,3-4H2,1-2H3. The van der Waals surface area contributed by atoms with Crippen LogP contribution in [-0.4, -0.2) is 26.6 Å². The highest BCUT2D eigenvalue weighted by molar-refractivity contribution is 8.04. The van der Waals surface area contributed by atoms with E-state index in [9.17, 15) is 9.59 Å². The number of hydrogen-bond donors (Lipinski definition) is 0. The van der Waals surface area contributed by atoms with E-state index in [-0.39, 0.29) is 18.1 Å². The third-order valence-corrected chi connectivity index (χ3v) is 5.46. The number of thioether (sulfide) groups is 1. The second kappa shape index (κ2) is 7.19. The van der Waals surface area contributed by atoms with E-state index in [1.807, 2.05) is 0 Å². The van der Waals surface area contributed by atoms with Gasteiger partial charge >= 0.3 is 0 Å². The van der Waals surface area contributed by atoms with E-state index in [1.165, 1.54) is 23.1 Å². The lowest BCUT2D eigenvalue weighted by Gasteiger charge is -2.32. The lowest BCUT2D eigenvalue weighted by Crippen LogP contribution is -2.41. The van der Waals surface area contributed by atoms with Gasteiger partial charge in [0.15, 0.2) is 5.78 Å². The Morgan fingerprint density at radius 1 is 1.16 bits per heavy atom. The molecule has 0 atom stereocenters. The molecule has 1 aliphatic rings.